The lowest BCUT2D eigenvalue weighted by Gasteiger charge is -2.46. The fourth-order valence-electron chi connectivity index (χ4n) is 6.68. The monoisotopic (exact) mass is 1020 g/mol. The summed E-state index contributed by atoms with van der Waals surface area (Å²) < 4.78 is 342. The average Bonchev–Trinajstić information content (AvgIpc) is 3.18. The van der Waals surface area contributed by atoms with E-state index in [1.54, 1.807) is 4.73 Å². The molecule has 0 aliphatic carbocycles. The Morgan fingerprint density at radius 1 is 0.328 bits per heavy atom. The van der Waals surface area contributed by atoms with E-state index in [1.165, 1.54) is 0 Å². The minimum absolute atomic E-state index is 0.516. The lowest BCUT2D eigenvalue weighted by molar-refractivity contribution is -0.890. The molecule has 67 heavy (non-hydrogen) atoms. The van der Waals surface area contributed by atoms with E-state index < -0.39 is 195 Å². The number of aromatic nitrogens is 1. The number of alkyl halides is 25. The predicted molar refractivity (Wildman–Crippen MR) is 189 cm³/mol. The molecule has 0 unspecified atom stereocenters. The van der Waals surface area contributed by atoms with E-state index >= 15 is 0 Å². The molecule has 0 aliphatic heterocycles. The van der Waals surface area contributed by atoms with Gasteiger partial charge < -0.3 is 0 Å². The SMILES string of the molecule is ClCCO[n+]1ccccc1.FC(F)(F)c1cc([B-](c2cc(C(F)(F)F)cc(C(F)(F)F)c2)(c2cc(C(F)(F)F)cc(C(F)(F)F)c2)c2cc(C(F)(F)F)cc(C(F)(F)F)c2)cc(C(F)(F)F)c1. The van der Waals surface area contributed by atoms with Crippen molar-refractivity contribution in [2.45, 2.75) is 49.4 Å². The largest absolute Gasteiger partial charge is 0.416 e. The molecule has 0 bridgehead atoms. The molecule has 0 saturated heterocycles. The van der Waals surface area contributed by atoms with Crippen LogP contribution in [0.15, 0.2) is 103 Å². The van der Waals surface area contributed by atoms with Crippen molar-refractivity contribution >= 4 is 39.6 Å². The number of nitrogens with zero attached hydrogens (tertiary/aromatic N) is 1. The van der Waals surface area contributed by atoms with Crippen LogP contribution < -0.4 is 31.4 Å². The summed E-state index contributed by atoms with van der Waals surface area (Å²) in [4.78, 5) is 5.14. The molecule has 28 heteroatoms. The molecule has 366 valence electrons. The number of halogens is 25. The van der Waals surface area contributed by atoms with Gasteiger partial charge in [0.1, 0.15) is 6.15 Å². The molecule has 1 aromatic heterocycles. The van der Waals surface area contributed by atoms with Gasteiger partial charge in [-0.15, -0.1) is 11.6 Å². The van der Waals surface area contributed by atoms with Gasteiger partial charge in [0.15, 0.2) is 6.61 Å². The highest BCUT2D eigenvalue weighted by Gasteiger charge is 2.47. The molecule has 0 radical (unpaired) electrons. The van der Waals surface area contributed by atoms with E-state index in [1.807, 2.05) is 30.6 Å². The third-order valence-electron chi connectivity index (χ3n) is 9.45. The summed E-state index contributed by atoms with van der Waals surface area (Å²) >= 11 is 5.41. The third-order valence-corrected chi connectivity index (χ3v) is 9.60. The summed E-state index contributed by atoms with van der Waals surface area (Å²) in [6.45, 7) is 0.538. The zero-order valence-electron chi connectivity index (χ0n) is 32.1. The highest BCUT2D eigenvalue weighted by atomic mass is 35.5. The smallest absolute Gasteiger partial charge is 0.270 e. The van der Waals surface area contributed by atoms with E-state index in [-0.39, 0.29) is 0 Å². The van der Waals surface area contributed by atoms with Crippen LogP contribution in [-0.2, 0) is 49.4 Å². The highest BCUT2D eigenvalue weighted by molar-refractivity contribution is 7.20. The second-order valence-electron chi connectivity index (χ2n) is 14.0. The number of hydrogen-bond donors (Lipinski definition) is 0. The third kappa shape index (κ3) is 12.9. The Labute approximate surface area is 364 Å². The van der Waals surface area contributed by atoms with E-state index in [0.717, 1.165) is 0 Å². The molecule has 0 fully saturated rings. The highest BCUT2D eigenvalue weighted by Crippen LogP contribution is 2.41. The standard InChI is InChI=1S/C32H12BF24.C7H9ClNO/c34-25(35,36)13-1-14(26(37,38)39)6-21(5-13)33(22-7-15(27(40,41)42)2-16(8-22)28(43,44)45,23-9-17(29(46,47)48)3-18(10-23)30(49,50)51)24-11-19(31(52,53)54)4-20(12-24)32(55,56)57;8-4-7-10-9-5-2-1-3-6-9/h1-12H;1-3,5-6H,4,7H2/q-1;+1. The first-order valence-corrected chi connectivity index (χ1v) is 18.2. The molecule has 5 rings (SSSR count). The van der Waals surface area contributed by atoms with Crippen LogP contribution in [0.2, 0.25) is 0 Å². The number of benzene rings is 4. The minimum Gasteiger partial charge on any atom is -0.270 e. The molecular formula is C39H21BClF24NO. The van der Waals surface area contributed by atoms with E-state index in [0.29, 0.717) is 12.5 Å². The Morgan fingerprint density at radius 2 is 0.522 bits per heavy atom. The Hall–Kier alpha value is -5.50. The maximum atomic E-state index is 14.2. The van der Waals surface area contributed by atoms with Gasteiger partial charge in [-0.1, -0.05) is 54.6 Å². The summed E-state index contributed by atoms with van der Waals surface area (Å²) in [7, 11) is 0. The lowest BCUT2D eigenvalue weighted by atomic mass is 9.12. The van der Waals surface area contributed by atoms with Gasteiger partial charge in [-0.05, 0) is 24.3 Å². The Balaban J connectivity index is 0.000000865. The van der Waals surface area contributed by atoms with Gasteiger partial charge in [0.05, 0.1) is 50.4 Å². The summed E-state index contributed by atoms with van der Waals surface area (Å²) in [5.74, 6) is 0.516. The van der Waals surface area contributed by atoms with Gasteiger partial charge in [0.25, 0.3) is 0 Å². The molecule has 0 amide bonds. The molecule has 1 heterocycles. The van der Waals surface area contributed by atoms with Crippen LogP contribution in [0.1, 0.15) is 44.5 Å². The van der Waals surface area contributed by atoms with Crippen molar-refractivity contribution in [3.8, 4) is 0 Å². The molecule has 0 saturated carbocycles. The van der Waals surface area contributed by atoms with Crippen molar-refractivity contribution in [3.63, 3.8) is 0 Å². The van der Waals surface area contributed by atoms with E-state index in [4.69, 9.17) is 16.4 Å². The fraction of sp³-hybridized carbons (Fsp3) is 0.256. The molecular weight excluding hydrogens is 1000 g/mol. The topological polar surface area (TPSA) is 13.1 Å². The van der Waals surface area contributed by atoms with E-state index in [2.05, 4.69) is 0 Å². The average molecular weight is 1020 g/mol. The Bertz CT molecular complexity index is 2080. The van der Waals surface area contributed by atoms with Gasteiger partial charge in [0.2, 0.25) is 12.4 Å². The molecule has 2 nitrogen and oxygen atoms in total. The van der Waals surface area contributed by atoms with Crippen molar-refractivity contribution in [1.82, 2.24) is 0 Å². The Kier molecular flexibility index (Phi) is 15.0. The molecule has 5 aromatic rings. The quantitative estimate of drug-likeness (QED) is 0.0685. The molecule has 4 aromatic carbocycles. The summed E-state index contributed by atoms with van der Waals surface area (Å²) in [6, 6.07) is -3.09. The summed E-state index contributed by atoms with van der Waals surface area (Å²) in [6.07, 6.45) is -51.2. The predicted octanol–water partition coefficient (Wildman–Crippen LogP) is 11.9. The minimum atomic E-state index is -6.13. The van der Waals surface area contributed by atoms with Crippen LogP contribution in [0, 0.1) is 0 Å². The van der Waals surface area contributed by atoms with Crippen LogP contribution in [0.4, 0.5) is 105 Å². The van der Waals surface area contributed by atoms with Gasteiger partial charge >= 0.3 is 49.4 Å². The molecule has 0 aliphatic rings. The van der Waals surface area contributed by atoms with Crippen LogP contribution in [0.5, 0.6) is 0 Å². The normalized spacial score (nSPS) is 13.6. The van der Waals surface area contributed by atoms with E-state index in [9.17, 15) is 105 Å². The second kappa shape index (κ2) is 18.5. The van der Waals surface area contributed by atoms with Gasteiger partial charge in [0, 0.05) is 16.9 Å². The number of pyridine rings is 1. The molecule has 0 atom stereocenters. The summed E-state index contributed by atoms with van der Waals surface area (Å²) in [5, 5.41) is 0. The lowest BCUT2D eigenvalue weighted by Crippen LogP contribution is -2.75. The first-order valence-electron chi connectivity index (χ1n) is 17.7. The van der Waals surface area contributed by atoms with Gasteiger partial charge in [-0.25, -0.2) is 0 Å². The van der Waals surface area contributed by atoms with Crippen molar-refractivity contribution in [3.05, 3.63) is 148 Å². The summed E-state index contributed by atoms with van der Waals surface area (Å²) in [5.41, 5.74) is -30.2. The first kappa shape index (κ1) is 54.1. The van der Waals surface area contributed by atoms with Gasteiger partial charge in [-0.2, -0.15) is 127 Å². The maximum Gasteiger partial charge on any atom is 0.416 e. The Morgan fingerprint density at radius 3 is 0.687 bits per heavy atom. The first-order chi connectivity index (χ1) is 30.2. The van der Waals surface area contributed by atoms with Crippen molar-refractivity contribution < 1.29 is 115 Å². The van der Waals surface area contributed by atoms with Crippen LogP contribution in [-0.4, -0.2) is 18.6 Å². The van der Waals surface area contributed by atoms with Crippen LogP contribution in [0.3, 0.4) is 0 Å². The van der Waals surface area contributed by atoms with Crippen molar-refractivity contribution in [1.29, 1.82) is 0 Å². The number of hydrogen-bond acceptors (Lipinski definition) is 1. The zero-order chi connectivity index (χ0) is 51.1. The van der Waals surface area contributed by atoms with Crippen molar-refractivity contribution in [2.75, 3.05) is 12.5 Å². The van der Waals surface area contributed by atoms with Crippen molar-refractivity contribution in [2.24, 2.45) is 0 Å². The zero-order valence-corrected chi connectivity index (χ0v) is 32.9. The van der Waals surface area contributed by atoms with Crippen LogP contribution in [0.25, 0.3) is 0 Å². The molecule has 0 N–H and O–H groups in total. The van der Waals surface area contributed by atoms with Crippen LogP contribution >= 0.6 is 11.6 Å². The second-order valence-corrected chi connectivity index (χ2v) is 14.4. The fourth-order valence-corrected chi connectivity index (χ4v) is 6.75. The van der Waals surface area contributed by atoms with Gasteiger partial charge in [-0.3, -0.25) is 4.84 Å². The maximum absolute atomic E-state index is 14.2. The number of rotatable bonds is 7. The molecule has 0 spiro atoms.